The fourth-order valence-electron chi connectivity index (χ4n) is 3.39. The van der Waals surface area contributed by atoms with Crippen molar-refractivity contribution < 1.29 is 28.7 Å². The van der Waals surface area contributed by atoms with E-state index in [0.29, 0.717) is 22.4 Å². The number of rotatable bonds is 8. The first-order valence-electron chi connectivity index (χ1n) is 10.7. The van der Waals surface area contributed by atoms with E-state index < -0.39 is 23.8 Å². The molecule has 3 aromatic rings. The van der Waals surface area contributed by atoms with E-state index in [1.54, 1.807) is 42.5 Å². The average molecular weight is 550 g/mol. The van der Waals surface area contributed by atoms with E-state index >= 15 is 0 Å². The van der Waals surface area contributed by atoms with Gasteiger partial charge in [-0.15, -0.1) is 0 Å². The minimum Gasteiger partial charge on any atom is -0.489 e. The van der Waals surface area contributed by atoms with Crippen LogP contribution in [0.5, 0.6) is 11.5 Å². The number of amides is 5. The van der Waals surface area contributed by atoms with E-state index in [-0.39, 0.29) is 23.6 Å². The van der Waals surface area contributed by atoms with Crippen LogP contribution in [-0.2, 0) is 21.0 Å². The van der Waals surface area contributed by atoms with E-state index in [1.807, 2.05) is 30.3 Å². The molecule has 1 aliphatic heterocycles. The van der Waals surface area contributed by atoms with Crippen molar-refractivity contribution in [3.05, 3.63) is 94.0 Å². The molecule has 1 fully saturated rings. The number of halogens is 1. The third-order valence-corrected chi connectivity index (χ3v) is 5.58. The zero-order valence-corrected chi connectivity index (χ0v) is 20.4. The largest absolute Gasteiger partial charge is 0.489 e. The Hall–Kier alpha value is -4.44. The minimum atomic E-state index is -0.875. The van der Waals surface area contributed by atoms with Gasteiger partial charge in [-0.25, -0.2) is 9.69 Å². The number of hydrogen-bond donors (Lipinski definition) is 2. The van der Waals surface area contributed by atoms with Gasteiger partial charge < -0.3 is 15.2 Å². The number of benzene rings is 3. The van der Waals surface area contributed by atoms with Gasteiger partial charge in [0.2, 0.25) is 0 Å². The molecule has 4 rings (SSSR count). The second-order valence-electron chi connectivity index (χ2n) is 7.66. The molecule has 3 aromatic carbocycles. The molecular formula is C26H20BrN3O6. The first kappa shape index (κ1) is 24.7. The summed E-state index contributed by atoms with van der Waals surface area (Å²) in [6.45, 7) is -0.0290. The standard InChI is InChI=1S/C26H20BrN3O6/c27-18-6-11-22(36-15-23(28)31)17(12-18)13-21-24(32)29-26(34)30(25(21)33)19-7-9-20(10-8-19)35-14-16-4-2-1-3-5-16/h1-13H,14-15H2,(H2,28,31)(H,29,32,34)/b21-13+. The Balaban J connectivity index is 1.57. The Morgan fingerprint density at radius 1 is 0.972 bits per heavy atom. The van der Waals surface area contributed by atoms with Crippen LogP contribution < -0.4 is 25.4 Å². The number of primary amides is 1. The second-order valence-corrected chi connectivity index (χ2v) is 8.58. The van der Waals surface area contributed by atoms with Crippen LogP contribution in [0.3, 0.4) is 0 Å². The molecule has 10 heteroatoms. The van der Waals surface area contributed by atoms with E-state index in [0.717, 1.165) is 10.5 Å². The predicted octanol–water partition coefficient (Wildman–Crippen LogP) is 3.56. The van der Waals surface area contributed by atoms with Gasteiger partial charge in [0.25, 0.3) is 17.7 Å². The van der Waals surface area contributed by atoms with Crippen molar-refractivity contribution in [3.63, 3.8) is 0 Å². The van der Waals surface area contributed by atoms with Crippen molar-refractivity contribution in [2.75, 3.05) is 11.5 Å². The Morgan fingerprint density at radius 2 is 1.69 bits per heavy atom. The molecule has 3 N–H and O–H groups in total. The highest BCUT2D eigenvalue weighted by molar-refractivity contribution is 9.10. The summed E-state index contributed by atoms with van der Waals surface area (Å²) < 4.78 is 11.8. The van der Waals surface area contributed by atoms with Crippen LogP contribution >= 0.6 is 15.9 Å². The van der Waals surface area contributed by atoms with Crippen molar-refractivity contribution in [1.29, 1.82) is 0 Å². The lowest BCUT2D eigenvalue weighted by Gasteiger charge is -2.26. The summed E-state index contributed by atoms with van der Waals surface area (Å²) in [5.74, 6) is -1.58. The second kappa shape index (κ2) is 10.9. The highest BCUT2D eigenvalue weighted by Gasteiger charge is 2.37. The van der Waals surface area contributed by atoms with E-state index in [4.69, 9.17) is 15.2 Å². The molecule has 0 bridgehead atoms. The molecule has 1 heterocycles. The van der Waals surface area contributed by atoms with Gasteiger partial charge in [-0.2, -0.15) is 0 Å². The van der Waals surface area contributed by atoms with Gasteiger partial charge in [0.1, 0.15) is 23.7 Å². The monoisotopic (exact) mass is 549 g/mol. The number of urea groups is 1. The quantitative estimate of drug-likeness (QED) is 0.326. The summed E-state index contributed by atoms with van der Waals surface area (Å²) in [6, 6.07) is 19.9. The molecule has 5 amide bonds. The first-order chi connectivity index (χ1) is 17.3. The van der Waals surface area contributed by atoms with Crippen LogP contribution in [0.25, 0.3) is 6.08 Å². The molecule has 0 spiro atoms. The molecule has 0 aromatic heterocycles. The third-order valence-electron chi connectivity index (χ3n) is 5.09. The summed E-state index contributed by atoms with van der Waals surface area (Å²) in [4.78, 5) is 50.3. The molecule has 0 saturated carbocycles. The highest BCUT2D eigenvalue weighted by atomic mass is 79.9. The van der Waals surface area contributed by atoms with E-state index in [1.165, 1.54) is 6.08 Å². The molecule has 182 valence electrons. The number of anilines is 1. The number of imide groups is 2. The lowest BCUT2D eigenvalue weighted by atomic mass is 10.1. The van der Waals surface area contributed by atoms with Gasteiger partial charge in [0.05, 0.1) is 5.69 Å². The topological polar surface area (TPSA) is 128 Å². The molecule has 1 aliphatic rings. The summed E-state index contributed by atoms with van der Waals surface area (Å²) in [6.07, 6.45) is 1.29. The predicted molar refractivity (Wildman–Crippen MR) is 135 cm³/mol. The van der Waals surface area contributed by atoms with Crippen molar-refractivity contribution in [2.24, 2.45) is 5.73 Å². The van der Waals surface area contributed by atoms with Crippen molar-refractivity contribution in [3.8, 4) is 11.5 Å². The smallest absolute Gasteiger partial charge is 0.335 e. The summed E-state index contributed by atoms with van der Waals surface area (Å²) in [5, 5.41) is 2.18. The number of barbiturate groups is 1. The molecule has 0 radical (unpaired) electrons. The Bertz CT molecular complexity index is 1360. The minimum absolute atomic E-state index is 0.230. The van der Waals surface area contributed by atoms with Crippen molar-refractivity contribution in [2.45, 2.75) is 6.61 Å². The molecule has 0 atom stereocenters. The SMILES string of the molecule is NC(=O)COc1ccc(Br)cc1/C=C1\C(=O)NC(=O)N(c2ccc(OCc3ccccc3)cc2)C1=O. The summed E-state index contributed by atoms with van der Waals surface area (Å²) in [7, 11) is 0. The van der Waals surface area contributed by atoms with E-state index in [2.05, 4.69) is 21.2 Å². The van der Waals surface area contributed by atoms with E-state index in [9.17, 15) is 19.2 Å². The number of ether oxygens (including phenoxy) is 2. The Labute approximate surface area is 214 Å². The van der Waals surface area contributed by atoms with Crippen LogP contribution in [0.1, 0.15) is 11.1 Å². The van der Waals surface area contributed by atoms with Crippen molar-refractivity contribution >= 4 is 51.4 Å². The third kappa shape index (κ3) is 5.78. The van der Waals surface area contributed by atoms with Gasteiger partial charge in [-0.3, -0.25) is 19.7 Å². The number of nitrogens with two attached hydrogens (primary N) is 1. The molecule has 1 saturated heterocycles. The van der Waals surface area contributed by atoms with Crippen LogP contribution in [0, 0.1) is 0 Å². The fraction of sp³-hybridized carbons (Fsp3) is 0.0769. The molecule has 0 aliphatic carbocycles. The number of nitrogens with one attached hydrogen (secondary N) is 1. The maximum atomic E-state index is 13.2. The Kier molecular flexibility index (Phi) is 7.45. The van der Waals surface area contributed by atoms with Crippen LogP contribution in [0.15, 0.2) is 82.8 Å². The number of nitrogens with zero attached hydrogens (tertiary/aromatic N) is 1. The maximum absolute atomic E-state index is 13.2. The first-order valence-corrected chi connectivity index (χ1v) is 11.5. The van der Waals surface area contributed by atoms with Gasteiger partial charge >= 0.3 is 6.03 Å². The highest BCUT2D eigenvalue weighted by Crippen LogP contribution is 2.29. The zero-order valence-electron chi connectivity index (χ0n) is 18.8. The summed E-state index contributed by atoms with van der Waals surface area (Å²) >= 11 is 3.33. The fourth-order valence-corrected chi connectivity index (χ4v) is 3.77. The van der Waals surface area contributed by atoms with Gasteiger partial charge in [0, 0.05) is 10.0 Å². The zero-order chi connectivity index (χ0) is 25.7. The van der Waals surface area contributed by atoms with Gasteiger partial charge in [-0.05, 0) is 54.1 Å². The Morgan fingerprint density at radius 3 is 2.39 bits per heavy atom. The van der Waals surface area contributed by atoms with Gasteiger partial charge in [0.15, 0.2) is 6.61 Å². The summed E-state index contributed by atoms with van der Waals surface area (Å²) in [5.41, 5.74) is 6.44. The maximum Gasteiger partial charge on any atom is 0.335 e. The van der Waals surface area contributed by atoms with Crippen molar-refractivity contribution in [1.82, 2.24) is 5.32 Å². The van der Waals surface area contributed by atoms with Crippen LogP contribution in [-0.4, -0.2) is 30.4 Å². The lowest BCUT2D eigenvalue weighted by Crippen LogP contribution is -2.54. The van der Waals surface area contributed by atoms with Crippen LogP contribution in [0.2, 0.25) is 0 Å². The molecule has 0 unspecified atom stereocenters. The lowest BCUT2D eigenvalue weighted by molar-refractivity contribution is -0.123. The molecular weight excluding hydrogens is 530 g/mol. The van der Waals surface area contributed by atoms with Gasteiger partial charge in [-0.1, -0.05) is 46.3 Å². The number of hydrogen-bond acceptors (Lipinski definition) is 6. The molecule has 36 heavy (non-hydrogen) atoms. The molecule has 9 nitrogen and oxygen atoms in total. The van der Waals surface area contributed by atoms with Crippen LogP contribution in [0.4, 0.5) is 10.5 Å². The average Bonchev–Trinajstić information content (AvgIpc) is 2.86. The number of carbonyl (C=O) groups excluding carboxylic acids is 4. The normalized spacial score (nSPS) is 14.5. The number of carbonyl (C=O) groups is 4.